The number of benzene rings is 1. The van der Waals surface area contributed by atoms with Crippen LogP contribution in [-0.4, -0.2) is 42.6 Å². The van der Waals surface area contributed by atoms with Crippen molar-refractivity contribution in [2.75, 3.05) is 26.8 Å². The summed E-state index contributed by atoms with van der Waals surface area (Å²) >= 11 is 5.57. The van der Waals surface area contributed by atoms with Crippen LogP contribution in [0.1, 0.15) is 25.3 Å². The van der Waals surface area contributed by atoms with Crippen LogP contribution in [0.3, 0.4) is 0 Å². The van der Waals surface area contributed by atoms with Gasteiger partial charge >= 0.3 is 0 Å². The number of rotatable bonds is 5. The second kappa shape index (κ2) is 7.45. The minimum Gasteiger partial charge on any atom is -0.493 e. The minimum atomic E-state index is -0.215. The molecule has 0 bridgehead atoms. The predicted octanol–water partition coefficient (Wildman–Crippen LogP) is 1.97. The Morgan fingerprint density at radius 2 is 2.05 bits per heavy atom. The van der Waals surface area contributed by atoms with Gasteiger partial charge in [0.2, 0.25) is 5.91 Å². The molecule has 2 rings (SSSR count). The predicted molar refractivity (Wildman–Crippen MR) is 89.4 cm³/mol. The van der Waals surface area contributed by atoms with E-state index >= 15 is 0 Å². The molecular weight excluding hydrogens is 300 g/mol. The zero-order valence-corrected chi connectivity index (χ0v) is 13.8. The van der Waals surface area contributed by atoms with E-state index in [1.54, 1.807) is 7.11 Å². The van der Waals surface area contributed by atoms with E-state index in [2.05, 4.69) is 4.90 Å². The molecule has 1 aliphatic heterocycles. The number of nitrogens with zero attached hydrogens (tertiary/aromatic N) is 1. The number of methoxy groups -OCH3 is 1. The molecule has 0 aliphatic carbocycles. The monoisotopic (exact) mass is 322 g/mol. The Morgan fingerprint density at radius 1 is 1.36 bits per heavy atom. The Morgan fingerprint density at radius 3 is 2.59 bits per heavy atom. The van der Waals surface area contributed by atoms with Crippen LogP contribution in [0.15, 0.2) is 18.2 Å². The van der Waals surface area contributed by atoms with Gasteiger partial charge < -0.3 is 20.1 Å². The van der Waals surface area contributed by atoms with Gasteiger partial charge in [0.25, 0.3) is 0 Å². The van der Waals surface area contributed by atoms with Crippen LogP contribution in [0.25, 0.3) is 0 Å². The van der Waals surface area contributed by atoms with Crippen LogP contribution in [0.4, 0.5) is 0 Å². The SMILES string of the molecule is CCOc1ccc(C(=S)N2CCC(C(N)=O)CC2)cc1OC. The average molecular weight is 322 g/mol. The first-order valence-corrected chi connectivity index (χ1v) is 7.87. The summed E-state index contributed by atoms with van der Waals surface area (Å²) in [5, 5.41) is 0. The molecule has 1 heterocycles. The van der Waals surface area contributed by atoms with Gasteiger partial charge in [-0.1, -0.05) is 12.2 Å². The summed E-state index contributed by atoms with van der Waals surface area (Å²) in [6.07, 6.45) is 1.51. The quantitative estimate of drug-likeness (QED) is 0.840. The molecule has 22 heavy (non-hydrogen) atoms. The zero-order valence-electron chi connectivity index (χ0n) is 13.0. The average Bonchev–Trinajstić information content (AvgIpc) is 2.55. The fourth-order valence-corrected chi connectivity index (χ4v) is 2.93. The van der Waals surface area contributed by atoms with Crippen molar-refractivity contribution in [3.63, 3.8) is 0 Å². The van der Waals surface area contributed by atoms with Crippen LogP contribution in [0.2, 0.25) is 0 Å². The fraction of sp³-hybridized carbons (Fsp3) is 0.500. The van der Waals surface area contributed by atoms with E-state index in [-0.39, 0.29) is 11.8 Å². The number of piperidine rings is 1. The molecule has 2 N–H and O–H groups in total. The lowest BCUT2D eigenvalue weighted by molar-refractivity contribution is -0.122. The largest absolute Gasteiger partial charge is 0.493 e. The van der Waals surface area contributed by atoms with Gasteiger partial charge in [0.05, 0.1) is 13.7 Å². The van der Waals surface area contributed by atoms with E-state index in [1.165, 1.54) is 0 Å². The molecule has 6 heteroatoms. The number of thiocarbonyl (C=S) groups is 1. The number of primary amides is 1. The van der Waals surface area contributed by atoms with E-state index < -0.39 is 0 Å². The zero-order chi connectivity index (χ0) is 16.1. The van der Waals surface area contributed by atoms with Crippen molar-refractivity contribution in [3.8, 4) is 11.5 Å². The normalized spacial score (nSPS) is 15.5. The van der Waals surface area contributed by atoms with Crippen molar-refractivity contribution in [2.24, 2.45) is 11.7 Å². The minimum absolute atomic E-state index is 0.0334. The fourth-order valence-electron chi connectivity index (χ4n) is 2.63. The summed E-state index contributed by atoms with van der Waals surface area (Å²) in [4.78, 5) is 14.1. The third-order valence-electron chi connectivity index (χ3n) is 3.89. The molecule has 120 valence electrons. The molecule has 0 radical (unpaired) electrons. The molecule has 1 aliphatic rings. The number of ether oxygens (including phenoxy) is 2. The molecule has 1 aromatic carbocycles. The van der Waals surface area contributed by atoms with E-state index in [1.807, 2.05) is 25.1 Å². The van der Waals surface area contributed by atoms with E-state index in [9.17, 15) is 4.79 Å². The Labute approximate surface area is 136 Å². The van der Waals surface area contributed by atoms with Gasteiger partial charge in [0, 0.05) is 24.6 Å². The molecule has 0 unspecified atom stereocenters. The van der Waals surface area contributed by atoms with Crippen molar-refractivity contribution >= 4 is 23.1 Å². The van der Waals surface area contributed by atoms with Crippen LogP contribution >= 0.6 is 12.2 Å². The third-order valence-corrected chi connectivity index (χ3v) is 4.39. The Kier molecular flexibility index (Phi) is 5.60. The van der Waals surface area contributed by atoms with E-state index in [0.717, 1.165) is 36.5 Å². The van der Waals surface area contributed by atoms with Crippen LogP contribution in [0, 0.1) is 5.92 Å². The maximum absolute atomic E-state index is 11.2. The van der Waals surface area contributed by atoms with E-state index in [0.29, 0.717) is 18.1 Å². The second-order valence-electron chi connectivity index (χ2n) is 5.27. The number of hydrogen-bond donors (Lipinski definition) is 1. The molecular formula is C16H22N2O3S. The Balaban J connectivity index is 2.08. The first-order valence-electron chi connectivity index (χ1n) is 7.46. The molecule has 5 nitrogen and oxygen atoms in total. The standard InChI is InChI=1S/C16H22N2O3S/c1-3-21-13-5-4-12(10-14(13)20-2)16(22)18-8-6-11(7-9-18)15(17)19/h4-5,10-11H,3,6-9H2,1-2H3,(H2,17,19). The van der Waals surface area contributed by atoms with Crippen LogP contribution < -0.4 is 15.2 Å². The highest BCUT2D eigenvalue weighted by atomic mass is 32.1. The topological polar surface area (TPSA) is 64.8 Å². The molecule has 1 saturated heterocycles. The number of carbonyl (C=O) groups is 1. The first kappa shape index (κ1) is 16.5. The van der Waals surface area contributed by atoms with Crippen LogP contribution in [0.5, 0.6) is 11.5 Å². The van der Waals surface area contributed by atoms with Gasteiger partial charge in [-0.2, -0.15) is 0 Å². The lowest BCUT2D eigenvalue weighted by Gasteiger charge is -2.32. The smallest absolute Gasteiger partial charge is 0.220 e. The highest BCUT2D eigenvalue weighted by Crippen LogP contribution is 2.29. The van der Waals surface area contributed by atoms with Crippen molar-refractivity contribution in [2.45, 2.75) is 19.8 Å². The molecule has 1 fully saturated rings. The Hall–Kier alpha value is -1.82. The number of likely N-dealkylation sites (tertiary alicyclic amines) is 1. The van der Waals surface area contributed by atoms with Gasteiger partial charge in [0.15, 0.2) is 11.5 Å². The molecule has 0 spiro atoms. The first-order chi connectivity index (χ1) is 10.6. The summed E-state index contributed by atoms with van der Waals surface area (Å²) in [6.45, 7) is 4.02. The molecule has 1 amide bonds. The van der Waals surface area contributed by atoms with Gasteiger partial charge in [0.1, 0.15) is 4.99 Å². The highest BCUT2D eigenvalue weighted by Gasteiger charge is 2.25. The van der Waals surface area contributed by atoms with Gasteiger partial charge in [-0.05, 0) is 38.0 Å². The molecule has 0 atom stereocenters. The van der Waals surface area contributed by atoms with Crippen molar-refractivity contribution < 1.29 is 14.3 Å². The summed E-state index contributed by atoms with van der Waals surface area (Å²) in [5.74, 6) is 1.14. The number of amides is 1. The number of carbonyl (C=O) groups excluding carboxylic acids is 1. The van der Waals surface area contributed by atoms with Crippen molar-refractivity contribution in [3.05, 3.63) is 23.8 Å². The number of hydrogen-bond acceptors (Lipinski definition) is 4. The van der Waals surface area contributed by atoms with Gasteiger partial charge in [-0.25, -0.2) is 0 Å². The van der Waals surface area contributed by atoms with Crippen molar-refractivity contribution in [1.82, 2.24) is 4.90 Å². The summed E-state index contributed by atoms with van der Waals surface area (Å²) < 4.78 is 10.9. The summed E-state index contributed by atoms with van der Waals surface area (Å²) in [7, 11) is 1.61. The van der Waals surface area contributed by atoms with E-state index in [4.69, 9.17) is 27.4 Å². The number of nitrogens with two attached hydrogens (primary N) is 1. The third kappa shape index (κ3) is 3.68. The second-order valence-corrected chi connectivity index (χ2v) is 5.65. The van der Waals surface area contributed by atoms with Gasteiger partial charge in [-0.15, -0.1) is 0 Å². The maximum Gasteiger partial charge on any atom is 0.220 e. The molecule has 1 aromatic rings. The highest BCUT2D eigenvalue weighted by molar-refractivity contribution is 7.80. The lowest BCUT2D eigenvalue weighted by Crippen LogP contribution is -2.41. The lowest BCUT2D eigenvalue weighted by atomic mass is 9.96. The summed E-state index contributed by atoms with van der Waals surface area (Å²) in [6, 6.07) is 5.71. The van der Waals surface area contributed by atoms with Gasteiger partial charge in [-0.3, -0.25) is 4.79 Å². The molecule has 0 aromatic heterocycles. The molecule has 0 saturated carbocycles. The van der Waals surface area contributed by atoms with Crippen LogP contribution in [-0.2, 0) is 4.79 Å². The van der Waals surface area contributed by atoms with Crippen molar-refractivity contribution in [1.29, 1.82) is 0 Å². The summed E-state index contributed by atoms with van der Waals surface area (Å²) in [5.41, 5.74) is 6.29. The maximum atomic E-state index is 11.2. The Bertz CT molecular complexity index is 554.